The van der Waals surface area contributed by atoms with Crippen molar-refractivity contribution in [2.75, 3.05) is 0 Å². The number of allylic oxidation sites excluding steroid dienone is 2. The Bertz CT molecular complexity index is 642. The normalized spacial score (nSPS) is 13.2. The van der Waals surface area contributed by atoms with Crippen LogP contribution in [-0.2, 0) is 14.3 Å². The summed E-state index contributed by atoms with van der Waals surface area (Å²) in [7, 11) is 0. The smallest absolute Gasteiger partial charge is 0.306 e. The van der Waals surface area contributed by atoms with Crippen LogP contribution in [0.5, 0.6) is 0 Å². The Labute approximate surface area is 253 Å². The molecule has 2 unspecified atom stereocenters. The van der Waals surface area contributed by atoms with Gasteiger partial charge in [0.15, 0.2) is 0 Å². The molecular formula is C36H66O5. The van der Waals surface area contributed by atoms with E-state index >= 15 is 0 Å². The second-order valence-corrected chi connectivity index (χ2v) is 11.9. The number of aliphatic hydroxyl groups excluding tert-OH is 1. The number of unbranched alkanes of at least 4 members (excludes halogenated alkanes) is 16. The van der Waals surface area contributed by atoms with Crippen molar-refractivity contribution in [1.29, 1.82) is 0 Å². The van der Waals surface area contributed by atoms with Gasteiger partial charge >= 0.3 is 11.9 Å². The Morgan fingerprint density at radius 3 is 1.66 bits per heavy atom. The van der Waals surface area contributed by atoms with Gasteiger partial charge in [0.1, 0.15) is 6.10 Å². The summed E-state index contributed by atoms with van der Waals surface area (Å²) in [5.74, 6) is -0.745. The summed E-state index contributed by atoms with van der Waals surface area (Å²) >= 11 is 0. The fourth-order valence-corrected chi connectivity index (χ4v) is 5.06. The summed E-state index contributed by atoms with van der Waals surface area (Å²) in [6, 6.07) is 0. The first-order valence-corrected chi connectivity index (χ1v) is 17.4. The summed E-state index contributed by atoms with van der Waals surface area (Å²) in [5, 5.41) is 18.7. The van der Waals surface area contributed by atoms with Crippen molar-refractivity contribution < 1.29 is 24.5 Å². The van der Waals surface area contributed by atoms with Crippen molar-refractivity contribution in [2.45, 2.75) is 193 Å². The number of ether oxygens (including phenoxy) is 1. The van der Waals surface area contributed by atoms with Crippen LogP contribution in [0.2, 0.25) is 0 Å². The van der Waals surface area contributed by atoms with Crippen molar-refractivity contribution in [3.05, 3.63) is 24.3 Å². The topological polar surface area (TPSA) is 83.8 Å². The van der Waals surface area contributed by atoms with Crippen LogP contribution in [0, 0.1) is 0 Å². The molecule has 0 rings (SSSR count). The van der Waals surface area contributed by atoms with E-state index in [1.54, 1.807) is 0 Å². The molecule has 5 heteroatoms. The summed E-state index contributed by atoms with van der Waals surface area (Å²) in [6.07, 6.45) is 35.2. The minimum absolute atomic E-state index is 0.00623. The molecule has 0 bridgehead atoms. The van der Waals surface area contributed by atoms with E-state index in [1.165, 1.54) is 51.4 Å². The number of carboxylic acid groups (broad SMARTS) is 1. The van der Waals surface area contributed by atoms with Crippen LogP contribution in [0.3, 0.4) is 0 Å². The summed E-state index contributed by atoms with van der Waals surface area (Å²) in [5.41, 5.74) is 0. The highest BCUT2D eigenvalue weighted by atomic mass is 16.5. The summed E-state index contributed by atoms with van der Waals surface area (Å²) in [6.45, 7) is 4.42. The van der Waals surface area contributed by atoms with Gasteiger partial charge in [-0.3, -0.25) is 9.59 Å². The van der Waals surface area contributed by atoms with Crippen LogP contribution in [0.15, 0.2) is 24.3 Å². The lowest BCUT2D eigenvalue weighted by atomic mass is 10.1. The zero-order chi connectivity index (χ0) is 30.2. The van der Waals surface area contributed by atoms with Gasteiger partial charge in [-0.2, -0.15) is 0 Å². The van der Waals surface area contributed by atoms with E-state index < -0.39 is 5.97 Å². The third-order valence-corrected chi connectivity index (χ3v) is 7.72. The van der Waals surface area contributed by atoms with Gasteiger partial charge in [-0.25, -0.2) is 0 Å². The lowest BCUT2D eigenvalue weighted by Crippen LogP contribution is -2.17. The molecule has 0 aromatic rings. The van der Waals surface area contributed by atoms with Crippen LogP contribution >= 0.6 is 0 Å². The number of aliphatic carboxylic acids is 1. The SMILES string of the molecule is CCCCCCC(O)C/C=C\CCCCCCCC(=O)OC(C/C=C\CCCCCCCC(=O)O)CCCCCC. The molecule has 240 valence electrons. The largest absolute Gasteiger partial charge is 0.481 e. The highest BCUT2D eigenvalue weighted by Gasteiger charge is 2.13. The first-order chi connectivity index (χ1) is 20.0. The Hall–Kier alpha value is -1.62. The summed E-state index contributed by atoms with van der Waals surface area (Å²) < 4.78 is 5.88. The van der Waals surface area contributed by atoms with E-state index in [0.717, 1.165) is 103 Å². The molecule has 0 amide bonds. The quantitative estimate of drug-likeness (QED) is 0.0485. The van der Waals surface area contributed by atoms with E-state index in [9.17, 15) is 14.7 Å². The molecule has 0 aliphatic rings. The van der Waals surface area contributed by atoms with Gasteiger partial charge in [0, 0.05) is 19.3 Å². The average Bonchev–Trinajstić information content (AvgIpc) is 2.95. The number of esters is 1. The van der Waals surface area contributed by atoms with Gasteiger partial charge in [-0.15, -0.1) is 0 Å². The minimum Gasteiger partial charge on any atom is -0.481 e. The lowest BCUT2D eigenvalue weighted by molar-refractivity contribution is -0.149. The molecule has 41 heavy (non-hydrogen) atoms. The predicted octanol–water partition coefficient (Wildman–Crippen LogP) is 10.6. The van der Waals surface area contributed by atoms with E-state index in [2.05, 4.69) is 38.2 Å². The summed E-state index contributed by atoms with van der Waals surface area (Å²) in [4.78, 5) is 23.0. The third kappa shape index (κ3) is 31.2. The van der Waals surface area contributed by atoms with E-state index in [4.69, 9.17) is 9.84 Å². The van der Waals surface area contributed by atoms with Gasteiger partial charge in [0.2, 0.25) is 0 Å². The maximum Gasteiger partial charge on any atom is 0.306 e. The molecule has 0 aromatic heterocycles. The third-order valence-electron chi connectivity index (χ3n) is 7.72. The fraction of sp³-hybridized carbons (Fsp3) is 0.833. The van der Waals surface area contributed by atoms with E-state index in [0.29, 0.717) is 6.42 Å². The molecule has 0 radical (unpaired) electrons. The van der Waals surface area contributed by atoms with Gasteiger partial charge in [-0.1, -0.05) is 122 Å². The molecule has 0 saturated heterocycles. The van der Waals surface area contributed by atoms with E-state index in [-0.39, 0.29) is 24.6 Å². The Balaban J connectivity index is 3.96. The van der Waals surface area contributed by atoms with Crippen molar-refractivity contribution in [1.82, 2.24) is 0 Å². The molecule has 2 N–H and O–H groups in total. The number of aliphatic hydroxyl groups is 1. The second kappa shape index (κ2) is 31.3. The fourth-order valence-electron chi connectivity index (χ4n) is 5.06. The molecule has 2 atom stereocenters. The molecule has 0 aromatic carbocycles. The first kappa shape index (κ1) is 39.4. The van der Waals surface area contributed by atoms with Gasteiger partial charge in [0.25, 0.3) is 0 Å². The maximum atomic E-state index is 12.5. The maximum absolute atomic E-state index is 12.5. The monoisotopic (exact) mass is 578 g/mol. The molecule has 0 spiro atoms. The molecule has 0 aliphatic carbocycles. The second-order valence-electron chi connectivity index (χ2n) is 11.9. The van der Waals surface area contributed by atoms with Crippen LogP contribution in [-0.4, -0.2) is 34.4 Å². The van der Waals surface area contributed by atoms with Crippen molar-refractivity contribution >= 4 is 11.9 Å². The van der Waals surface area contributed by atoms with Gasteiger partial charge < -0.3 is 14.9 Å². The molecule has 0 heterocycles. The Kier molecular flexibility index (Phi) is 30.1. The van der Waals surface area contributed by atoms with Crippen LogP contribution in [0.1, 0.15) is 181 Å². The zero-order valence-corrected chi connectivity index (χ0v) is 27.0. The Morgan fingerprint density at radius 1 is 0.585 bits per heavy atom. The molecule has 0 fully saturated rings. The highest BCUT2D eigenvalue weighted by molar-refractivity contribution is 5.69. The van der Waals surface area contributed by atoms with Crippen LogP contribution in [0.4, 0.5) is 0 Å². The minimum atomic E-state index is -0.700. The zero-order valence-electron chi connectivity index (χ0n) is 27.0. The molecule has 5 nitrogen and oxygen atoms in total. The van der Waals surface area contributed by atoms with Crippen molar-refractivity contribution in [3.63, 3.8) is 0 Å². The number of carbonyl (C=O) groups is 2. The number of rotatable bonds is 31. The standard InChI is InChI=1S/C36H66O5/c1-3-5-7-21-27-33(37)28-22-17-13-9-12-16-20-26-32-36(40)41-34(29-23-8-6-4-2)30-24-18-14-10-11-15-19-25-31-35(38)39/h17-18,22,24,33-34,37H,3-16,19-21,23,25-32H2,1-2H3,(H,38,39)/b22-17-,24-18-. The number of hydrogen-bond acceptors (Lipinski definition) is 4. The predicted molar refractivity (Wildman–Crippen MR) is 173 cm³/mol. The first-order valence-electron chi connectivity index (χ1n) is 17.4. The highest BCUT2D eigenvalue weighted by Crippen LogP contribution is 2.16. The van der Waals surface area contributed by atoms with Gasteiger partial charge in [-0.05, 0) is 64.2 Å². The lowest BCUT2D eigenvalue weighted by Gasteiger charge is -2.16. The molecule has 0 saturated carbocycles. The van der Waals surface area contributed by atoms with Crippen LogP contribution < -0.4 is 0 Å². The number of hydrogen-bond donors (Lipinski definition) is 2. The van der Waals surface area contributed by atoms with E-state index in [1.807, 2.05) is 0 Å². The van der Waals surface area contributed by atoms with Crippen LogP contribution in [0.25, 0.3) is 0 Å². The molecule has 0 aliphatic heterocycles. The number of carbonyl (C=O) groups excluding carboxylic acids is 1. The van der Waals surface area contributed by atoms with Gasteiger partial charge in [0.05, 0.1) is 6.10 Å². The average molecular weight is 579 g/mol. The molecular weight excluding hydrogens is 512 g/mol. The Morgan fingerprint density at radius 2 is 1.07 bits per heavy atom. The number of carboxylic acids is 1. The van der Waals surface area contributed by atoms with Crippen molar-refractivity contribution in [2.24, 2.45) is 0 Å². The van der Waals surface area contributed by atoms with Crippen molar-refractivity contribution in [3.8, 4) is 0 Å².